The number of hydrogen-bond donors (Lipinski definition) is 1. The van der Waals surface area contributed by atoms with E-state index in [1.165, 1.54) is 11.6 Å². The summed E-state index contributed by atoms with van der Waals surface area (Å²) in [5.41, 5.74) is 2.14. The van der Waals surface area contributed by atoms with Crippen LogP contribution in [0.15, 0.2) is 51.4 Å². The van der Waals surface area contributed by atoms with Gasteiger partial charge in [-0.3, -0.25) is 0 Å². The second-order valence-electron chi connectivity index (χ2n) is 4.82. The third-order valence-corrected chi connectivity index (χ3v) is 6.10. The molecule has 2 rings (SSSR count). The van der Waals surface area contributed by atoms with Crippen molar-refractivity contribution in [3.8, 4) is 5.75 Å². The van der Waals surface area contributed by atoms with Crippen LogP contribution in [0.25, 0.3) is 0 Å². The number of halogens is 4. The van der Waals surface area contributed by atoms with Crippen molar-refractivity contribution in [3.05, 3.63) is 62.5 Å². The molecule has 132 valence electrons. The summed E-state index contributed by atoms with van der Waals surface area (Å²) >= 11 is 8.26. The molecule has 0 saturated heterocycles. The Kier molecular flexibility index (Phi) is 13.8. The van der Waals surface area contributed by atoms with Crippen LogP contribution in [0.2, 0.25) is 0 Å². The SMILES string of the molecule is O=P(O)(Oc1ccc(CSCc2ccc(Br)cc2)cc1Br)C(F)F.[Na].[Na]. The molecule has 0 saturated carbocycles. The number of rotatable bonds is 7. The van der Waals surface area contributed by atoms with Crippen LogP contribution in [-0.2, 0) is 16.1 Å². The van der Waals surface area contributed by atoms with Crippen LogP contribution in [0, 0.1) is 0 Å². The van der Waals surface area contributed by atoms with Gasteiger partial charge < -0.3 is 9.42 Å². The van der Waals surface area contributed by atoms with E-state index in [1.54, 1.807) is 23.9 Å². The monoisotopic (exact) mass is 546 g/mol. The molecule has 0 heterocycles. The summed E-state index contributed by atoms with van der Waals surface area (Å²) in [4.78, 5) is 9.08. The van der Waals surface area contributed by atoms with Gasteiger partial charge in [0.1, 0.15) is 5.75 Å². The van der Waals surface area contributed by atoms with E-state index >= 15 is 0 Å². The zero-order valence-corrected chi connectivity index (χ0v) is 23.0. The molecule has 0 aliphatic heterocycles. The summed E-state index contributed by atoms with van der Waals surface area (Å²) in [6, 6.07) is 12.8. The Balaban J connectivity index is 0.00000312. The Morgan fingerprint density at radius 1 is 1.04 bits per heavy atom. The van der Waals surface area contributed by atoms with E-state index < -0.39 is 13.8 Å². The van der Waals surface area contributed by atoms with Gasteiger partial charge in [-0.25, -0.2) is 4.57 Å². The summed E-state index contributed by atoms with van der Waals surface area (Å²) in [5, 5.41) is 0. The van der Waals surface area contributed by atoms with Crippen LogP contribution in [-0.4, -0.2) is 70.2 Å². The minimum absolute atomic E-state index is 0. The molecule has 0 amide bonds. The molecule has 0 aliphatic rings. The molecule has 1 unspecified atom stereocenters. The minimum Gasteiger partial charge on any atom is -0.420 e. The van der Waals surface area contributed by atoms with E-state index in [4.69, 9.17) is 4.89 Å². The maximum absolute atomic E-state index is 12.4. The van der Waals surface area contributed by atoms with Gasteiger partial charge in [-0.2, -0.15) is 20.5 Å². The summed E-state index contributed by atoms with van der Waals surface area (Å²) < 4.78 is 42.0. The van der Waals surface area contributed by atoms with Gasteiger partial charge in [0.25, 0.3) is 0 Å². The van der Waals surface area contributed by atoms with E-state index in [0.717, 1.165) is 15.8 Å². The molecule has 0 aromatic heterocycles. The van der Waals surface area contributed by atoms with E-state index in [2.05, 4.69) is 36.4 Å². The van der Waals surface area contributed by atoms with Crippen molar-refractivity contribution in [2.75, 3.05) is 0 Å². The maximum Gasteiger partial charge on any atom is 0.442 e. The van der Waals surface area contributed by atoms with Crippen LogP contribution in [0.1, 0.15) is 11.1 Å². The van der Waals surface area contributed by atoms with Crippen molar-refractivity contribution in [2.45, 2.75) is 17.7 Å². The van der Waals surface area contributed by atoms with Crippen molar-refractivity contribution in [2.24, 2.45) is 0 Å². The van der Waals surface area contributed by atoms with Crippen molar-refractivity contribution in [3.63, 3.8) is 0 Å². The normalized spacial score (nSPS) is 12.7. The molecule has 0 fully saturated rings. The first-order chi connectivity index (χ1) is 11.3. The van der Waals surface area contributed by atoms with Crippen LogP contribution in [0.4, 0.5) is 8.78 Å². The van der Waals surface area contributed by atoms with Crippen molar-refractivity contribution in [1.29, 1.82) is 0 Å². The standard InChI is InChI=1S/C15H13Br2F2O3PS.2Na/c16-12-4-1-10(2-5-12)8-24-9-11-3-6-14(13(17)7-11)22-23(20,21)15(18)19;;/h1-7,15H,8-9H2,(H,20,21);;. The van der Waals surface area contributed by atoms with Crippen LogP contribution >= 0.6 is 51.2 Å². The molecule has 1 atom stereocenters. The number of thioether (sulfide) groups is 1. The quantitative estimate of drug-likeness (QED) is 0.358. The van der Waals surface area contributed by atoms with Gasteiger partial charge in [-0.05, 0) is 51.3 Å². The van der Waals surface area contributed by atoms with Crippen LogP contribution in [0.3, 0.4) is 0 Å². The Morgan fingerprint density at radius 3 is 2.12 bits per heavy atom. The van der Waals surface area contributed by atoms with Crippen LogP contribution in [0.5, 0.6) is 5.75 Å². The molecular weight excluding hydrogens is 535 g/mol. The van der Waals surface area contributed by atoms with Gasteiger partial charge in [0, 0.05) is 75.1 Å². The predicted octanol–water partition coefficient (Wildman–Crippen LogP) is 5.67. The van der Waals surface area contributed by atoms with Gasteiger partial charge in [0.2, 0.25) is 0 Å². The zero-order valence-electron chi connectivity index (χ0n) is 14.2. The number of hydrogen-bond acceptors (Lipinski definition) is 3. The molecule has 1 N–H and O–H groups in total. The third kappa shape index (κ3) is 8.95. The van der Waals surface area contributed by atoms with E-state index in [-0.39, 0.29) is 64.9 Å². The molecule has 3 nitrogen and oxygen atoms in total. The van der Waals surface area contributed by atoms with Gasteiger partial charge in [-0.1, -0.05) is 34.1 Å². The summed E-state index contributed by atoms with van der Waals surface area (Å²) in [6.45, 7) is 0. The largest absolute Gasteiger partial charge is 0.442 e. The first kappa shape index (κ1) is 27.6. The Hall–Kier alpha value is 1.60. The molecule has 26 heavy (non-hydrogen) atoms. The number of benzene rings is 2. The van der Waals surface area contributed by atoms with Crippen molar-refractivity contribution < 1.29 is 22.8 Å². The molecule has 0 spiro atoms. The summed E-state index contributed by atoms with van der Waals surface area (Å²) in [6.07, 6.45) is -3.44. The second-order valence-corrected chi connectivity index (χ2v) is 9.27. The first-order valence-corrected chi connectivity index (χ1v) is 11.1. The van der Waals surface area contributed by atoms with Crippen molar-refractivity contribution in [1.82, 2.24) is 0 Å². The average Bonchev–Trinajstić information content (AvgIpc) is 2.51. The average molecular weight is 548 g/mol. The smallest absolute Gasteiger partial charge is 0.420 e. The molecular formula is C15H13Br2F2Na2O3PS. The second kappa shape index (κ2) is 13.0. The Morgan fingerprint density at radius 2 is 1.58 bits per heavy atom. The topological polar surface area (TPSA) is 46.5 Å². The van der Waals surface area contributed by atoms with E-state index in [0.29, 0.717) is 10.2 Å². The summed E-state index contributed by atoms with van der Waals surface area (Å²) in [5.74, 6) is 1.46. The maximum atomic E-state index is 12.4. The summed E-state index contributed by atoms with van der Waals surface area (Å²) in [7, 11) is -4.97. The predicted molar refractivity (Wildman–Crippen MR) is 111 cm³/mol. The van der Waals surface area contributed by atoms with E-state index in [9.17, 15) is 13.3 Å². The third-order valence-electron chi connectivity index (χ3n) is 2.92. The fraction of sp³-hybridized carbons (Fsp3) is 0.200. The Labute approximate surface area is 216 Å². The molecule has 0 bridgehead atoms. The van der Waals surface area contributed by atoms with Gasteiger partial charge in [-0.15, -0.1) is 0 Å². The fourth-order valence-electron chi connectivity index (χ4n) is 1.76. The first-order valence-electron chi connectivity index (χ1n) is 6.69. The Bertz CT molecular complexity index is 754. The van der Waals surface area contributed by atoms with Crippen molar-refractivity contribution >= 4 is 110 Å². The molecule has 2 aromatic rings. The zero-order chi connectivity index (χ0) is 17.7. The van der Waals surface area contributed by atoms with Crippen LogP contribution < -0.4 is 4.52 Å². The molecule has 2 aromatic carbocycles. The fourth-order valence-corrected chi connectivity index (χ4v) is 4.12. The molecule has 0 aliphatic carbocycles. The van der Waals surface area contributed by atoms with Gasteiger partial charge in [0.15, 0.2) is 0 Å². The molecule has 2 radical (unpaired) electrons. The minimum atomic E-state index is -4.97. The van der Waals surface area contributed by atoms with Gasteiger partial charge >= 0.3 is 13.8 Å². The van der Waals surface area contributed by atoms with Gasteiger partial charge in [0.05, 0.1) is 4.47 Å². The van der Waals surface area contributed by atoms with E-state index in [1.807, 2.05) is 24.3 Å². The number of alkyl halides is 2. The molecule has 11 heteroatoms.